The number of nitrogens with zero attached hydrogens (tertiary/aromatic N) is 4. The van der Waals surface area contributed by atoms with Gasteiger partial charge < -0.3 is 14.4 Å². The van der Waals surface area contributed by atoms with Crippen LogP contribution in [0.25, 0.3) is 0 Å². The van der Waals surface area contributed by atoms with Crippen molar-refractivity contribution in [3.8, 4) is 5.75 Å². The van der Waals surface area contributed by atoms with Crippen LogP contribution in [0.4, 0.5) is 0 Å². The van der Waals surface area contributed by atoms with Crippen LogP contribution in [-0.2, 0) is 18.4 Å². The molecule has 0 aliphatic carbocycles. The zero-order valence-electron chi connectivity index (χ0n) is 16.0. The van der Waals surface area contributed by atoms with E-state index in [9.17, 15) is 9.90 Å². The number of piperazine rings is 1. The van der Waals surface area contributed by atoms with Crippen LogP contribution in [0.15, 0.2) is 36.7 Å². The summed E-state index contributed by atoms with van der Waals surface area (Å²) in [7, 11) is 1.99. The van der Waals surface area contributed by atoms with Crippen LogP contribution in [0.5, 0.6) is 5.75 Å². The summed E-state index contributed by atoms with van der Waals surface area (Å²) in [4.78, 5) is 20.7. The average molecular weight is 372 g/mol. The van der Waals surface area contributed by atoms with E-state index in [0.29, 0.717) is 19.7 Å². The number of hydrogen-bond acceptors (Lipinski definition) is 5. The lowest BCUT2D eigenvalue weighted by atomic mass is 10.0. The van der Waals surface area contributed by atoms with Gasteiger partial charge in [0.25, 0.3) is 0 Å². The summed E-state index contributed by atoms with van der Waals surface area (Å²) in [6.45, 7) is 6.53. The molecule has 146 valence electrons. The number of carbonyl (C=O) groups is 1. The molecule has 0 unspecified atom stereocenters. The van der Waals surface area contributed by atoms with E-state index in [1.807, 2.05) is 53.9 Å². The minimum atomic E-state index is -0.819. The third-order valence-electron chi connectivity index (χ3n) is 4.94. The zero-order chi connectivity index (χ0) is 19.2. The molecule has 3 rings (SSSR count). The first-order valence-electron chi connectivity index (χ1n) is 9.46. The molecule has 0 radical (unpaired) electrons. The maximum absolute atomic E-state index is 12.0. The molecule has 27 heavy (non-hydrogen) atoms. The number of benzene rings is 1. The van der Waals surface area contributed by atoms with Crippen LogP contribution in [0.1, 0.15) is 30.8 Å². The van der Waals surface area contributed by atoms with Crippen LogP contribution < -0.4 is 4.74 Å². The molecular formula is C20H28N4O3. The summed E-state index contributed by atoms with van der Waals surface area (Å²) in [5.41, 5.74) is 0.772. The Bertz CT molecular complexity index is 753. The summed E-state index contributed by atoms with van der Waals surface area (Å²) in [5, 5.41) is 9.85. The fourth-order valence-corrected chi connectivity index (χ4v) is 3.43. The Hall–Kier alpha value is -2.38. The first kappa shape index (κ1) is 19.4. The second-order valence-electron chi connectivity index (χ2n) is 6.93. The number of hydrogen-bond donors (Lipinski definition) is 1. The van der Waals surface area contributed by atoms with Gasteiger partial charge in [-0.05, 0) is 24.1 Å². The molecule has 2 heterocycles. The van der Waals surface area contributed by atoms with Gasteiger partial charge in [-0.2, -0.15) is 0 Å². The molecular weight excluding hydrogens is 344 g/mol. The normalized spacial score (nSPS) is 17.0. The largest absolute Gasteiger partial charge is 0.494 e. The first-order chi connectivity index (χ1) is 13.1. The molecule has 1 atom stereocenters. The van der Waals surface area contributed by atoms with E-state index in [0.717, 1.165) is 43.2 Å². The second-order valence-corrected chi connectivity index (χ2v) is 6.93. The van der Waals surface area contributed by atoms with Crippen molar-refractivity contribution in [3.05, 3.63) is 48.0 Å². The monoisotopic (exact) mass is 372 g/mol. The summed E-state index contributed by atoms with van der Waals surface area (Å²) >= 11 is 0. The third kappa shape index (κ3) is 4.87. The lowest BCUT2D eigenvalue weighted by Gasteiger charge is -2.37. The molecule has 1 fully saturated rings. The van der Waals surface area contributed by atoms with E-state index < -0.39 is 12.0 Å². The number of ether oxygens (including phenoxy) is 1. The van der Waals surface area contributed by atoms with Gasteiger partial charge in [-0.15, -0.1) is 0 Å². The molecule has 1 N–H and O–H groups in total. The van der Waals surface area contributed by atoms with Gasteiger partial charge >= 0.3 is 5.97 Å². The fraction of sp³-hybridized carbons (Fsp3) is 0.500. The number of imidazole rings is 1. The highest BCUT2D eigenvalue weighted by Gasteiger charge is 2.30. The highest BCUT2D eigenvalue weighted by Crippen LogP contribution is 2.26. The third-order valence-corrected chi connectivity index (χ3v) is 4.94. The molecule has 7 nitrogen and oxygen atoms in total. The fourth-order valence-electron chi connectivity index (χ4n) is 3.43. The molecule has 1 aliphatic heterocycles. The van der Waals surface area contributed by atoms with E-state index in [4.69, 9.17) is 4.74 Å². The van der Waals surface area contributed by atoms with E-state index in [2.05, 4.69) is 9.88 Å². The van der Waals surface area contributed by atoms with Crippen molar-refractivity contribution < 1.29 is 14.6 Å². The maximum atomic E-state index is 12.0. The Kier molecular flexibility index (Phi) is 6.47. The van der Waals surface area contributed by atoms with Gasteiger partial charge in [0.2, 0.25) is 0 Å². The number of aliphatic carboxylic acids is 1. The Labute approximate surface area is 160 Å². The maximum Gasteiger partial charge on any atom is 0.325 e. The van der Waals surface area contributed by atoms with Gasteiger partial charge in [0.1, 0.15) is 17.6 Å². The van der Waals surface area contributed by atoms with Gasteiger partial charge in [-0.1, -0.05) is 19.1 Å². The predicted molar refractivity (Wildman–Crippen MR) is 103 cm³/mol. The van der Waals surface area contributed by atoms with Crippen LogP contribution in [0, 0.1) is 0 Å². The van der Waals surface area contributed by atoms with Gasteiger partial charge in [-0.25, -0.2) is 4.98 Å². The smallest absolute Gasteiger partial charge is 0.325 e. The molecule has 1 aliphatic rings. The van der Waals surface area contributed by atoms with E-state index in [-0.39, 0.29) is 0 Å². The van der Waals surface area contributed by atoms with E-state index >= 15 is 0 Å². The van der Waals surface area contributed by atoms with Gasteiger partial charge in [0, 0.05) is 45.6 Å². The average Bonchev–Trinajstić information content (AvgIpc) is 3.06. The van der Waals surface area contributed by atoms with Crippen LogP contribution in [0.2, 0.25) is 0 Å². The molecule has 1 aromatic carbocycles. The van der Waals surface area contributed by atoms with Gasteiger partial charge in [-0.3, -0.25) is 14.6 Å². The highest BCUT2D eigenvalue weighted by molar-refractivity contribution is 5.75. The molecule has 2 aromatic rings. The summed E-state index contributed by atoms with van der Waals surface area (Å²) in [6.07, 6.45) is 4.67. The topological polar surface area (TPSA) is 70.8 Å². The van der Waals surface area contributed by atoms with Crippen molar-refractivity contribution in [1.29, 1.82) is 0 Å². The first-order valence-corrected chi connectivity index (χ1v) is 9.46. The quantitative estimate of drug-likeness (QED) is 0.766. The SMILES string of the molecule is CCCOc1cccc([C@H](C(=O)O)N2CCN(Cc3nccn3C)CC2)c1. The van der Waals surface area contributed by atoms with E-state index in [1.165, 1.54) is 0 Å². The van der Waals surface area contributed by atoms with Crippen molar-refractivity contribution in [2.45, 2.75) is 25.9 Å². The molecule has 0 saturated carbocycles. The van der Waals surface area contributed by atoms with E-state index in [1.54, 1.807) is 6.20 Å². The minimum absolute atomic E-state index is 0.632. The van der Waals surface area contributed by atoms with Gasteiger partial charge in [0.15, 0.2) is 0 Å². The minimum Gasteiger partial charge on any atom is -0.494 e. The second kappa shape index (κ2) is 9.01. The molecule has 0 amide bonds. The highest BCUT2D eigenvalue weighted by atomic mass is 16.5. The number of aryl methyl sites for hydroxylation is 1. The molecule has 0 bridgehead atoms. The summed E-state index contributed by atoms with van der Waals surface area (Å²) in [5.74, 6) is 0.938. The van der Waals surface area contributed by atoms with Crippen LogP contribution in [-0.4, -0.2) is 63.2 Å². The molecule has 7 heteroatoms. The number of aromatic nitrogens is 2. The number of carboxylic acids is 1. The Morgan fingerprint density at radius 2 is 2.07 bits per heavy atom. The lowest BCUT2D eigenvalue weighted by Crippen LogP contribution is -2.49. The van der Waals surface area contributed by atoms with Crippen molar-refractivity contribution in [1.82, 2.24) is 19.4 Å². The van der Waals surface area contributed by atoms with Crippen LogP contribution >= 0.6 is 0 Å². The van der Waals surface area contributed by atoms with Crippen molar-refractivity contribution in [2.75, 3.05) is 32.8 Å². The standard InChI is InChI=1S/C20H28N4O3/c1-3-13-27-17-6-4-5-16(14-17)19(20(25)26)24-11-9-23(10-12-24)15-18-21-7-8-22(18)2/h4-8,14,19H,3,9-13,15H2,1-2H3,(H,25,26)/t19-/m1/s1. The Morgan fingerprint density at radius 3 is 2.70 bits per heavy atom. The van der Waals surface area contributed by atoms with Crippen LogP contribution in [0.3, 0.4) is 0 Å². The molecule has 0 spiro atoms. The predicted octanol–water partition coefficient (Wildman–Crippen LogP) is 2.15. The van der Waals surface area contributed by atoms with Crippen molar-refractivity contribution in [2.24, 2.45) is 7.05 Å². The zero-order valence-corrected chi connectivity index (χ0v) is 16.0. The lowest BCUT2D eigenvalue weighted by molar-refractivity contribution is -0.144. The molecule has 1 aromatic heterocycles. The Morgan fingerprint density at radius 1 is 1.30 bits per heavy atom. The Balaban J connectivity index is 1.65. The molecule has 1 saturated heterocycles. The van der Waals surface area contributed by atoms with Crippen molar-refractivity contribution in [3.63, 3.8) is 0 Å². The summed E-state index contributed by atoms with van der Waals surface area (Å²) < 4.78 is 7.69. The van der Waals surface area contributed by atoms with Crippen molar-refractivity contribution >= 4 is 5.97 Å². The summed E-state index contributed by atoms with van der Waals surface area (Å²) in [6, 6.07) is 6.83. The number of carboxylic acid groups (broad SMARTS) is 1. The van der Waals surface area contributed by atoms with Gasteiger partial charge in [0.05, 0.1) is 13.2 Å². The number of rotatable bonds is 8.